The first-order valence-corrected chi connectivity index (χ1v) is 11.7. The lowest BCUT2D eigenvalue weighted by Gasteiger charge is -2.21. The molecule has 0 saturated carbocycles. The van der Waals surface area contributed by atoms with E-state index in [-0.39, 0.29) is 0 Å². The van der Waals surface area contributed by atoms with Crippen LogP contribution in [0.1, 0.15) is 51.6 Å². The molecule has 0 amide bonds. The number of aryl methyl sites for hydroxylation is 1. The summed E-state index contributed by atoms with van der Waals surface area (Å²) in [6.07, 6.45) is 2.37. The van der Waals surface area contributed by atoms with Crippen LogP contribution in [0.4, 0.5) is 0 Å². The summed E-state index contributed by atoms with van der Waals surface area (Å²) in [7, 11) is 1.54. The largest absolute Gasteiger partial charge is 0.492 e. The van der Waals surface area contributed by atoms with E-state index in [0.29, 0.717) is 51.1 Å². The van der Waals surface area contributed by atoms with Crippen molar-refractivity contribution in [2.24, 2.45) is 0 Å². The Morgan fingerprint density at radius 3 is 1.83 bits per heavy atom. The number of fused-ring (bicyclic) bond motifs is 1. The number of methoxy groups -OCH3 is 1. The van der Waals surface area contributed by atoms with Crippen molar-refractivity contribution < 1.29 is 23.8 Å². The maximum atomic E-state index is 13.1. The highest BCUT2D eigenvalue weighted by Crippen LogP contribution is 2.47. The quantitative estimate of drug-likeness (QED) is 0.207. The molecule has 0 spiro atoms. The van der Waals surface area contributed by atoms with Crippen LogP contribution in [0.5, 0.6) is 17.2 Å². The predicted octanol–water partition coefficient (Wildman–Crippen LogP) is 6.94. The molecule has 35 heavy (non-hydrogen) atoms. The van der Waals surface area contributed by atoms with Crippen LogP contribution in [0.3, 0.4) is 0 Å². The van der Waals surface area contributed by atoms with Gasteiger partial charge in [0, 0.05) is 16.3 Å². The molecule has 0 unspecified atom stereocenters. The topological polar surface area (TPSA) is 61.8 Å². The molecule has 0 aliphatic heterocycles. The molecule has 0 fully saturated rings. The summed E-state index contributed by atoms with van der Waals surface area (Å²) < 4.78 is 17.8. The Morgan fingerprint density at radius 1 is 0.714 bits per heavy atom. The summed E-state index contributed by atoms with van der Waals surface area (Å²) in [6.45, 7) is 4.05. The molecule has 178 valence electrons. The lowest BCUT2D eigenvalue weighted by atomic mass is 9.97. The Morgan fingerprint density at radius 2 is 1.29 bits per heavy atom. The molecule has 0 saturated heterocycles. The van der Waals surface area contributed by atoms with Gasteiger partial charge in [-0.25, -0.2) is 9.59 Å². The molecule has 4 aromatic carbocycles. The van der Waals surface area contributed by atoms with Crippen LogP contribution in [0, 0.1) is 6.92 Å². The molecule has 0 bridgehead atoms. The summed E-state index contributed by atoms with van der Waals surface area (Å²) in [4.78, 5) is 26.1. The molecule has 5 nitrogen and oxygen atoms in total. The molecule has 0 radical (unpaired) electrons. The van der Waals surface area contributed by atoms with Gasteiger partial charge in [0.05, 0.1) is 18.2 Å². The van der Waals surface area contributed by atoms with Crippen molar-refractivity contribution in [2.45, 2.75) is 33.1 Å². The molecule has 0 aliphatic rings. The van der Waals surface area contributed by atoms with Gasteiger partial charge in [0.25, 0.3) is 0 Å². The van der Waals surface area contributed by atoms with Crippen molar-refractivity contribution in [3.63, 3.8) is 0 Å². The van der Waals surface area contributed by atoms with Crippen molar-refractivity contribution in [1.82, 2.24) is 0 Å². The average molecular weight is 469 g/mol. The van der Waals surface area contributed by atoms with Crippen molar-refractivity contribution in [2.75, 3.05) is 7.11 Å². The minimum absolute atomic E-state index is 0.321. The molecule has 0 heterocycles. The van der Waals surface area contributed by atoms with E-state index >= 15 is 0 Å². The fourth-order valence-corrected chi connectivity index (χ4v) is 4.04. The highest BCUT2D eigenvalue weighted by Gasteiger charge is 2.26. The van der Waals surface area contributed by atoms with Crippen molar-refractivity contribution in [3.8, 4) is 17.2 Å². The number of esters is 2. The van der Waals surface area contributed by atoms with Gasteiger partial charge in [0.1, 0.15) is 5.75 Å². The number of unbranched alkanes of at least 4 members (excludes halogenated alkanes) is 1. The smallest absolute Gasteiger partial charge is 0.343 e. The van der Waals surface area contributed by atoms with E-state index in [9.17, 15) is 9.59 Å². The van der Waals surface area contributed by atoms with Crippen molar-refractivity contribution in [3.05, 3.63) is 101 Å². The maximum Gasteiger partial charge on any atom is 0.343 e. The van der Waals surface area contributed by atoms with Gasteiger partial charge in [-0.15, -0.1) is 0 Å². The van der Waals surface area contributed by atoms with Gasteiger partial charge < -0.3 is 14.2 Å². The van der Waals surface area contributed by atoms with Gasteiger partial charge in [0.2, 0.25) is 0 Å². The highest BCUT2D eigenvalue weighted by atomic mass is 16.6. The zero-order valence-electron chi connectivity index (χ0n) is 20.2. The number of hydrogen-bond donors (Lipinski definition) is 0. The summed E-state index contributed by atoms with van der Waals surface area (Å²) in [5.74, 6) is 0.211. The van der Waals surface area contributed by atoms with Gasteiger partial charge in [-0.2, -0.15) is 0 Å². The highest BCUT2D eigenvalue weighted by molar-refractivity contribution is 6.03. The van der Waals surface area contributed by atoms with Crippen molar-refractivity contribution in [1.29, 1.82) is 0 Å². The lowest BCUT2D eigenvalue weighted by molar-refractivity contribution is 0.0717. The molecule has 0 N–H and O–H groups in total. The Balaban J connectivity index is 1.91. The van der Waals surface area contributed by atoms with Gasteiger partial charge in [-0.3, -0.25) is 0 Å². The average Bonchev–Trinajstić information content (AvgIpc) is 2.89. The summed E-state index contributed by atoms with van der Waals surface area (Å²) in [6, 6.07) is 23.4. The second-order valence-electron chi connectivity index (χ2n) is 8.33. The maximum absolute atomic E-state index is 13.1. The Bertz CT molecular complexity index is 1340. The number of benzene rings is 4. The predicted molar refractivity (Wildman–Crippen MR) is 137 cm³/mol. The molecule has 4 aromatic rings. The summed E-state index contributed by atoms with van der Waals surface area (Å²) in [5.41, 5.74) is 2.58. The van der Waals surface area contributed by atoms with Crippen LogP contribution < -0.4 is 14.2 Å². The molecule has 4 rings (SSSR count). The fraction of sp³-hybridized carbons (Fsp3) is 0.200. The minimum atomic E-state index is -0.485. The lowest BCUT2D eigenvalue weighted by Crippen LogP contribution is -2.13. The molecule has 0 aromatic heterocycles. The van der Waals surface area contributed by atoms with Gasteiger partial charge in [-0.05, 0) is 50.1 Å². The van der Waals surface area contributed by atoms with Crippen LogP contribution in [0.2, 0.25) is 0 Å². The van der Waals surface area contributed by atoms with Gasteiger partial charge in [0.15, 0.2) is 11.5 Å². The van der Waals surface area contributed by atoms with E-state index in [1.165, 1.54) is 7.11 Å². The Labute approximate surface area is 205 Å². The zero-order chi connectivity index (χ0) is 24.8. The van der Waals surface area contributed by atoms with E-state index in [1.54, 1.807) is 48.5 Å². The molecule has 0 atom stereocenters. The SMILES string of the molecule is CCCCc1c(OC)c(OC(=O)c2ccccc2)c2ccc(C)cc2c1OC(=O)c1ccccc1. The Kier molecular flexibility index (Phi) is 7.46. The number of rotatable bonds is 8. The third-order valence-electron chi connectivity index (χ3n) is 5.81. The van der Waals surface area contributed by atoms with Crippen LogP contribution >= 0.6 is 0 Å². The monoisotopic (exact) mass is 468 g/mol. The standard InChI is InChI=1S/C30H28O5/c1-4-5-16-24-26(34-29(31)21-12-8-6-9-13-21)25-19-20(2)17-18-23(25)28(27(24)33-3)35-30(32)22-14-10-7-11-15-22/h6-15,17-19H,4-5,16H2,1-3H3. The second kappa shape index (κ2) is 10.9. The van der Waals surface area contributed by atoms with Crippen molar-refractivity contribution >= 4 is 22.7 Å². The van der Waals surface area contributed by atoms with E-state index in [0.717, 1.165) is 18.4 Å². The molecular formula is C30H28O5. The first-order valence-electron chi connectivity index (χ1n) is 11.7. The zero-order valence-corrected chi connectivity index (χ0v) is 20.2. The molecule has 5 heteroatoms. The third-order valence-corrected chi connectivity index (χ3v) is 5.81. The van der Waals surface area contributed by atoms with E-state index in [2.05, 4.69) is 6.92 Å². The first kappa shape index (κ1) is 24.0. The number of hydrogen-bond acceptors (Lipinski definition) is 5. The number of carbonyl (C=O) groups is 2. The first-order chi connectivity index (χ1) is 17.0. The fourth-order valence-electron chi connectivity index (χ4n) is 4.04. The van der Waals surface area contributed by atoms with E-state index in [1.807, 2.05) is 37.3 Å². The third kappa shape index (κ3) is 5.19. The molecular weight excluding hydrogens is 440 g/mol. The van der Waals surface area contributed by atoms with Crippen LogP contribution in [0.15, 0.2) is 78.9 Å². The van der Waals surface area contributed by atoms with Crippen LogP contribution in [0.25, 0.3) is 10.8 Å². The second-order valence-corrected chi connectivity index (χ2v) is 8.33. The summed E-state index contributed by atoms with van der Waals surface area (Å²) in [5, 5.41) is 1.32. The van der Waals surface area contributed by atoms with Crippen LogP contribution in [-0.4, -0.2) is 19.0 Å². The number of carbonyl (C=O) groups excluding carboxylic acids is 2. The van der Waals surface area contributed by atoms with Gasteiger partial charge >= 0.3 is 11.9 Å². The van der Waals surface area contributed by atoms with E-state index < -0.39 is 11.9 Å². The van der Waals surface area contributed by atoms with Gasteiger partial charge in [-0.1, -0.05) is 67.4 Å². The minimum Gasteiger partial charge on any atom is -0.492 e. The summed E-state index contributed by atoms with van der Waals surface area (Å²) >= 11 is 0. The van der Waals surface area contributed by atoms with Crippen LogP contribution in [-0.2, 0) is 6.42 Å². The Hall–Kier alpha value is -4.12. The van der Waals surface area contributed by atoms with E-state index in [4.69, 9.17) is 14.2 Å². The molecule has 0 aliphatic carbocycles. The number of ether oxygens (including phenoxy) is 3. The normalized spacial score (nSPS) is 10.7.